The lowest BCUT2D eigenvalue weighted by Gasteiger charge is -2.24. The van der Waals surface area contributed by atoms with Gasteiger partial charge in [0.15, 0.2) is 10.6 Å². The van der Waals surface area contributed by atoms with Gasteiger partial charge in [-0.25, -0.2) is 9.59 Å². The van der Waals surface area contributed by atoms with Crippen LogP contribution in [0.2, 0.25) is 0 Å². The van der Waals surface area contributed by atoms with Crippen molar-refractivity contribution in [3.8, 4) is 16.2 Å². The average Bonchev–Trinajstić information content (AvgIpc) is 3.04. The lowest BCUT2D eigenvalue weighted by atomic mass is 9.95. The van der Waals surface area contributed by atoms with Crippen LogP contribution in [-0.2, 0) is 9.53 Å². The minimum atomic E-state index is -0.815. The van der Waals surface area contributed by atoms with Gasteiger partial charge in [-0.2, -0.15) is 0 Å². The molecule has 28 heavy (non-hydrogen) atoms. The normalized spacial score (nSPS) is 14.5. The molecule has 0 amide bonds. The zero-order valence-corrected chi connectivity index (χ0v) is 16.9. The van der Waals surface area contributed by atoms with E-state index in [0.717, 1.165) is 16.1 Å². The number of thiophene rings is 1. The molecule has 1 aromatic heterocycles. The number of carbonyl (C=O) groups excluding carboxylic acids is 2. The van der Waals surface area contributed by atoms with Crippen LogP contribution in [0.4, 0.5) is 5.69 Å². The number of esters is 2. The van der Waals surface area contributed by atoms with Gasteiger partial charge in [0.1, 0.15) is 6.61 Å². The number of aliphatic hydroxyl groups excluding tert-OH is 1. The highest BCUT2D eigenvalue weighted by atomic mass is 32.1. The van der Waals surface area contributed by atoms with Crippen molar-refractivity contribution in [1.29, 1.82) is 0 Å². The summed E-state index contributed by atoms with van der Waals surface area (Å²) in [6, 6.07) is 8.50. The van der Waals surface area contributed by atoms with Crippen LogP contribution in [0, 0.1) is 6.92 Å². The standard InChI is InChI=1S/C21H25NO5S/c1-13-18(27-17(24)12-23)20(21(25)26-2)28-19(13)14-7-6-10-16(11-14)22-15-8-4-3-5-9-15/h6-7,10-11,15,22-23H,3-5,8-9,12H2,1-2H3. The monoisotopic (exact) mass is 403 g/mol. The molecule has 0 radical (unpaired) electrons. The molecule has 0 spiro atoms. The Morgan fingerprint density at radius 3 is 2.68 bits per heavy atom. The number of benzene rings is 1. The zero-order chi connectivity index (χ0) is 20.1. The molecule has 1 aliphatic carbocycles. The van der Waals surface area contributed by atoms with E-state index in [1.165, 1.54) is 50.6 Å². The molecule has 7 heteroatoms. The van der Waals surface area contributed by atoms with Crippen molar-refractivity contribution in [1.82, 2.24) is 0 Å². The fraction of sp³-hybridized carbons (Fsp3) is 0.429. The number of nitrogens with one attached hydrogen (secondary N) is 1. The van der Waals surface area contributed by atoms with E-state index in [2.05, 4.69) is 5.32 Å². The van der Waals surface area contributed by atoms with E-state index in [1.54, 1.807) is 6.92 Å². The SMILES string of the molecule is COC(=O)c1sc(-c2cccc(NC3CCCCC3)c2)c(C)c1OC(=O)CO. The van der Waals surface area contributed by atoms with E-state index >= 15 is 0 Å². The Bertz CT molecular complexity index is 854. The van der Waals surface area contributed by atoms with Crippen LogP contribution in [0.15, 0.2) is 24.3 Å². The second kappa shape index (κ2) is 9.21. The molecule has 6 nitrogen and oxygen atoms in total. The van der Waals surface area contributed by atoms with Gasteiger partial charge in [-0.15, -0.1) is 11.3 Å². The summed E-state index contributed by atoms with van der Waals surface area (Å²) >= 11 is 1.22. The zero-order valence-electron chi connectivity index (χ0n) is 16.1. The quantitative estimate of drug-likeness (QED) is 0.705. The predicted molar refractivity (Wildman–Crippen MR) is 109 cm³/mol. The number of rotatable bonds is 6. The Balaban J connectivity index is 1.93. The van der Waals surface area contributed by atoms with Gasteiger partial charge >= 0.3 is 11.9 Å². The molecule has 2 N–H and O–H groups in total. The maximum absolute atomic E-state index is 12.2. The van der Waals surface area contributed by atoms with Crippen molar-refractivity contribution in [3.63, 3.8) is 0 Å². The fourth-order valence-electron chi connectivity index (χ4n) is 3.50. The predicted octanol–water partition coefficient (Wildman–Crippen LogP) is 4.15. The summed E-state index contributed by atoms with van der Waals surface area (Å²) in [4.78, 5) is 24.8. The Morgan fingerprint density at radius 1 is 1.25 bits per heavy atom. The van der Waals surface area contributed by atoms with Crippen LogP contribution in [0.3, 0.4) is 0 Å². The number of anilines is 1. The third-order valence-corrected chi connectivity index (χ3v) is 6.21. The summed E-state index contributed by atoms with van der Waals surface area (Å²) in [5.74, 6) is -1.24. The molecule has 0 unspecified atom stereocenters. The second-order valence-electron chi connectivity index (χ2n) is 6.90. The molecule has 1 fully saturated rings. The van der Waals surface area contributed by atoms with Gasteiger partial charge in [-0.3, -0.25) is 0 Å². The van der Waals surface area contributed by atoms with Gasteiger partial charge in [-0.1, -0.05) is 31.4 Å². The van der Waals surface area contributed by atoms with Crippen molar-refractivity contribution in [2.24, 2.45) is 0 Å². The average molecular weight is 404 g/mol. The number of aliphatic hydroxyl groups is 1. The first kappa shape index (κ1) is 20.4. The van der Waals surface area contributed by atoms with Crippen molar-refractivity contribution < 1.29 is 24.2 Å². The summed E-state index contributed by atoms with van der Waals surface area (Å²) in [7, 11) is 1.28. The van der Waals surface area contributed by atoms with Crippen LogP contribution < -0.4 is 10.1 Å². The Labute approximate surface area is 168 Å². The Hall–Kier alpha value is -2.38. The first-order valence-corrected chi connectivity index (χ1v) is 10.2. The minimum Gasteiger partial charge on any atom is -0.465 e. The smallest absolute Gasteiger partial charge is 0.351 e. The minimum absolute atomic E-state index is 0.150. The number of methoxy groups -OCH3 is 1. The van der Waals surface area contributed by atoms with E-state index in [1.807, 2.05) is 24.3 Å². The number of carbonyl (C=O) groups is 2. The van der Waals surface area contributed by atoms with Gasteiger partial charge in [0.05, 0.1) is 7.11 Å². The number of ether oxygens (including phenoxy) is 2. The molecule has 0 atom stereocenters. The van der Waals surface area contributed by atoms with E-state index < -0.39 is 18.5 Å². The third kappa shape index (κ3) is 4.54. The fourth-order valence-corrected chi connectivity index (χ4v) is 4.65. The van der Waals surface area contributed by atoms with Crippen molar-refractivity contribution in [3.05, 3.63) is 34.7 Å². The summed E-state index contributed by atoms with van der Waals surface area (Å²) < 4.78 is 10.0. The largest absolute Gasteiger partial charge is 0.465 e. The van der Waals surface area contributed by atoms with Crippen molar-refractivity contribution >= 4 is 29.0 Å². The van der Waals surface area contributed by atoms with Gasteiger partial charge in [0, 0.05) is 22.2 Å². The molecule has 3 rings (SSSR count). The summed E-state index contributed by atoms with van der Waals surface area (Å²) in [5, 5.41) is 12.6. The van der Waals surface area contributed by atoms with Gasteiger partial charge in [-0.05, 0) is 37.5 Å². The van der Waals surface area contributed by atoms with Crippen LogP contribution in [-0.4, -0.2) is 36.8 Å². The molecule has 1 aromatic carbocycles. The maximum Gasteiger partial charge on any atom is 0.351 e. The highest BCUT2D eigenvalue weighted by molar-refractivity contribution is 7.18. The lowest BCUT2D eigenvalue weighted by molar-refractivity contribution is -0.137. The molecule has 1 heterocycles. The lowest BCUT2D eigenvalue weighted by Crippen LogP contribution is -2.22. The van der Waals surface area contributed by atoms with Gasteiger partial charge in [0.2, 0.25) is 0 Å². The molecule has 0 saturated heterocycles. The molecule has 1 aliphatic rings. The van der Waals surface area contributed by atoms with Crippen LogP contribution in [0.1, 0.15) is 47.3 Å². The summed E-state index contributed by atoms with van der Waals surface area (Å²) in [6.07, 6.45) is 6.16. The first-order chi connectivity index (χ1) is 13.5. The Kier molecular flexibility index (Phi) is 6.70. The van der Waals surface area contributed by atoms with E-state index in [9.17, 15) is 9.59 Å². The third-order valence-electron chi connectivity index (χ3n) is 4.91. The molecular formula is C21H25NO5S. The van der Waals surface area contributed by atoms with Crippen LogP contribution >= 0.6 is 11.3 Å². The van der Waals surface area contributed by atoms with Crippen LogP contribution in [0.5, 0.6) is 5.75 Å². The number of hydrogen-bond acceptors (Lipinski definition) is 7. The van der Waals surface area contributed by atoms with Crippen molar-refractivity contribution in [2.45, 2.75) is 45.1 Å². The van der Waals surface area contributed by atoms with E-state index in [4.69, 9.17) is 14.6 Å². The second-order valence-corrected chi connectivity index (χ2v) is 7.92. The van der Waals surface area contributed by atoms with Crippen molar-refractivity contribution in [2.75, 3.05) is 19.0 Å². The first-order valence-electron chi connectivity index (χ1n) is 9.43. The summed E-state index contributed by atoms with van der Waals surface area (Å²) in [6.45, 7) is 1.03. The molecule has 0 aliphatic heterocycles. The van der Waals surface area contributed by atoms with E-state index in [0.29, 0.717) is 11.6 Å². The van der Waals surface area contributed by atoms with Gasteiger partial charge in [0.25, 0.3) is 0 Å². The topological polar surface area (TPSA) is 84.9 Å². The molecule has 1 saturated carbocycles. The maximum atomic E-state index is 12.2. The molecule has 0 bridgehead atoms. The molecule has 2 aromatic rings. The Morgan fingerprint density at radius 2 is 2.00 bits per heavy atom. The van der Waals surface area contributed by atoms with Crippen LogP contribution in [0.25, 0.3) is 10.4 Å². The number of hydrogen-bond donors (Lipinski definition) is 2. The molecule has 150 valence electrons. The summed E-state index contributed by atoms with van der Waals surface area (Å²) in [5.41, 5.74) is 2.63. The highest BCUT2D eigenvalue weighted by Crippen LogP contribution is 2.42. The van der Waals surface area contributed by atoms with Gasteiger partial charge < -0.3 is 19.9 Å². The highest BCUT2D eigenvalue weighted by Gasteiger charge is 2.25. The van der Waals surface area contributed by atoms with E-state index in [-0.39, 0.29) is 10.6 Å². The molecular weight excluding hydrogens is 378 g/mol.